The molecule has 0 N–H and O–H groups in total. The third kappa shape index (κ3) is 4.58. The first kappa shape index (κ1) is 16.6. The Kier molecular flexibility index (Phi) is 6.31. The molecule has 4 heteroatoms. The lowest BCUT2D eigenvalue weighted by Gasteiger charge is -2.15. The first-order valence-corrected chi connectivity index (χ1v) is 9.02. The van der Waals surface area contributed by atoms with Crippen molar-refractivity contribution >= 4 is 27.5 Å². The molecule has 1 aromatic heterocycles. The van der Waals surface area contributed by atoms with Gasteiger partial charge in [0.25, 0.3) is 0 Å². The molecule has 1 atom stereocenters. The van der Waals surface area contributed by atoms with Crippen LogP contribution in [0.15, 0.2) is 30.3 Å². The van der Waals surface area contributed by atoms with Crippen molar-refractivity contribution in [1.29, 1.82) is 0 Å². The predicted molar refractivity (Wildman–Crippen MR) is 93.4 cm³/mol. The van der Waals surface area contributed by atoms with E-state index in [1.165, 1.54) is 17.0 Å². The van der Waals surface area contributed by atoms with Crippen molar-refractivity contribution in [3.8, 4) is 0 Å². The number of aromatic nitrogens is 2. The molecule has 1 aromatic carbocycles. The molecule has 1 unspecified atom stereocenters. The van der Waals surface area contributed by atoms with Gasteiger partial charge in [0, 0.05) is 22.6 Å². The minimum absolute atomic E-state index is 0.551. The van der Waals surface area contributed by atoms with E-state index in [0.29, 0.717) is 5.92 Å². The standard InChI is InChI=1S/C17H22BrClN2/c1-3-16-11-17(21(4-2)20-16)10-14(12-18)8-13-6-5-7-15(19)9-13/h5-7,9,11,14H,3-4,8,10,12H2,1-2H3. The molecule has 1 heterocycles. The van der Waals surface area contributed by atoms with E-state index < -0.39 is 0 Å². The van der Waals surface area contributed by atoms with Crippen LogP contribution in [-0.4, -0.2) is 15.1 Å². The smallest absolute Gasteiger partial charge is 0.0624 e. The number of nitrogens with zero attached hydrogens (tertiary/aromatic N) is 2. The maximum Gasteiger partial charge on any atom is 0.0624 e. The minimum Gasteiger partial charge on any atom is -0.270 e. The zero-order valence-corrected chi connectivity index (χ0v) is 15.0. The van der Waals surface area contributed by atoms with Gasteiger partial charge in [-0.15, -0.1) is 0 Å². The van der Waals surface area contributed by atoms with Gasteiger partial charge in [-0.05, 0) is 55.9 Å². The third-order valence-electron chi connectivity index (χ3n) is 3.71. The Morgan fingerprint density at radius 2 is 2.05 bits per heavy atom. The summed E-state index contributed by atoms with van der Waals surface area (Å²) in [7, 11) is 0. The number of rotatable bonds is 7. The number of hydrogen-bond acceptors (Lipinski definition) is 1. The molecule has 2 aromatic rings. The predicted octanol–water partition coefficient (Wildman–Crippen LogP) is 4.92. The number of halogens is 2. The molecule has 0 fully saturated rings. The lowest BCUT2D eigenvalue weighted by Crippen LogP contribution is -2.13. The summed E-state index contributed by atoms with van der Waals surface area (Å²) in [5.41, 5.74) is 3.81. The summed E-state index contributed by atoms with van der Waals surface area (Å²) >= 11 is 9.73. The molecule has 0 saturated carbocycles. The van der Waals surface area contributed by atoms with Crippen LogP contribution in [0.3, 0.4) is 0 Å². The molecule has 0 amide bonds. The van der Waals surface area contributed by atoms with Gasteiger partial charge >= 0.3 is 0 Å². The Morgan fingerprint density at radius 1 is 1.24 bits per heavy atom. The van der Waals surface area contributed by atoms with Gasteiger partial charge in [0.2, 0.25) is 0 Å². The number of alkyl halides is 1. The number of aryl methyl sites for hydroxylation is 2. The van der Waals surface area contributed by atoms with Crippen LogP contribution in [0.1, 0.15) is 30.8 Å². The highest BCUT2D eigenvalue weighted by molar-refractivity contribution is 9.09. The fourth-order valence-corrected chi connectivity index (χ4v) is 3.27. The lowest BCUT2D eigenvalue weighted by molar-refractivity contribution is 0.535. The van der Waals surface area contributed by atoms with E-state index in [-0.39, 0.29) is 0 Å². The minimum atomic E-state index is 0.551. The first-order chi connectivity index (χ1) is 10.2. The van der Waals surface area contributed by atoms with Crippen molar-refractivity contribution in [2.45, 2.75) is 39.7 Å². The maximum atomic E-state index is 6.08. The van der Waals surface area contributed by atoms with E-state index in [9.17, 15) is 0 Å². The topological polar surface area (TPSA) is 17.8 Å². The highest BCUT2D eigenvalue weighted by Crippen LogP contribution is 2.20. The monoisotopic (exact) mass is 368 g/mol. The van der Waals surface area contributed by atoms with Crippen LogP contribution in [0.25, 0.3) is 0 Å². The Hall–Kier alpha value is -0.800. The van der Waals surface area contributed by atoms with Crippen LogP contribution in [0.2, 0.25) is 5.02 Å². The fraction of sp³-hybridized carbons (Fsp3) is 0.471. The SMILES string of the molecule is CCc1cc(CC(CBr)Cc2cccc(Cl)c2)n(CC)n1. The van der Waals surface area contributed by atoms with E-state index in [1.807, 2.05) is 12.1 Å². The van der Waals surface area contributed by atoms with Gasteiger partial charge in [0.1, 0.15) is 0 Å². The van der Waals surface area contributed by atoms with Crippen molar-refractivity contribution < 1.29 is 0 Å². The Labute approximate surface area is 140 Å². The normalized spacial score (nSPS) is 12.6. The Morgan fingerprint density at radius 3 is 2.67 bits per heavy atom. The summed E-state index contributed by atoms with van der Waals surface area (Å²) in [6.45, 7) is 5.23. The lowest BCUT2D eigenvalue weighted by atomic mass is 9.96. The van der Waals surface area contributed by atoms with Crippen LogP contribution >= 0.6 is 27.5 Å². The van der Waals surface area contributed by atoms with Crippen LogP contribution in [0.4, 0.5) is 0 Å². The highest BCUT2D eigenvalue weighted by Gasteiger charge is 2.14. The van der Waals surface area contributed by atoms with Crippen molar-refractivity contribution in [3.63, 3.8) is 0 Å². The zero-order chi connectivity index (χ0) is 15.2. The van der Waals surface area contributed by atoms with E-state index in [1.54, 1.807) is 0 Å². The number of benzene rings is 1. The summed E-state index contributed by atoms with van der Waals surface area (Å²) in [5, 5.41) is 6.43. The first-order valence-electron chi connectivity index (χ1n) is 7.52. The van der Waals surface area contributed by atoms with Gasteiger partial charge in [-0.3, -0.25) is 4.68 Å². The molecule has 0 aliphatic heterocycles. The van der Waals surface area contributed by atoms with Crippen molar-refractivity contribution in [2.24, 2.45) is 5.92 Å². The zero-order valence-electron chi connectivity index (χ0n) is 12.6. The highest BCUT2D eigenvalue weighted by atomic mass is 79.9. The number of hydrogen-bond donors (Lipinski definition) is 0. The van der Waals surface area contributed by atoms with Gasteiger partial charge in [0.05, 0.1) is 5.69 Å². The van der Waals surface area contributed by atoms with Gasteiger partial charge < -0.3 is 0 Å². The average Bonchev–Trinajstić information content (AvgIpc) is 2.88. The van der Waals surface area contributed by atoms with Crippen LogP contribution in [-0.2, 0) is 25.8 Å². The Balaban J connectivity index is 2.10. The average molecular weight is 370 g/mol. The molecule has 0 spiro atoms. The van der Waals surface area contributed by atoms with E-state index in [2.05, 4.69) is 57.8 Å². The second kappa shape index (κ2) is 8.00. The molecular weight excluding hydrogens is 348 g/mol. The quantitative estimate of drug-likeness (QED) is 0.634. The van der Waals surface area contributed by atoms with Crippen LogP contribution < -0.4 is 0 Å². The fourth-order valence-electron chi connectivity index (χ4n) is 2.60. The van der Waals surface area contributed by atoms with Gasteiger partial charge in [-0.25, -0.2) is 0 Å². The Bertz CT molecular complexity index is 580. The molecule has 0 aliphatic rings. The summed E-state index contributed by atoms with van der Waals surface area (Å²) in [6, 6.07) is 10.4. The van der Waals surface area contributed by atoms with E-state index in [4.69, 9.17) is 11.6 Å². The van der Waals surface area contributed by atoms with Crippen molar-refractivity contribution in [1.82, 2.24) is 9.78 Å². The molecule has 114 valence electrons. The molecular formula is C17H22BrClN2. The summed E-state index contributed by atoms with van der Waals surface area (Å²) < 4.78 is 2.13. The summed E-state index contributed by atoms with van der Waals surface area (Å²) in [4.78, 5) is 0. The van der Waals surface area contributed by atoms with Crippen molar-refractivity contribution in [3.05, 3.63) is 52.3 Å². The second-order valence-electron chi connectivity index (χ2n) is 5.35. The molecule has 2 nitrogen and oxygen atoms in total. The largest absolute Gasteiger partial charge is 0.270 e. The van der Waals surface area contributed by atoms with Gasteiger partial charge in [0.15, 0.2) is 0 Å². The molecule has 21 heavy (non-hydrogen) atoms. The summed E-state index contributed by atoms with van der Waals surface area (Å²) in [5.74, 6) is 0.551. The molecule has 2 rings (SSSR count). The van der Waals surface area contributed by atoms with Gasteiger partial charge in [-0.1, -0.05) is 46.6 Å². The molecule has 0 saturated heterocycles. The molecule has 0 bridgehead atoms. The van der Waals surface area contributed by atoms with Crippen LogP contribution in [0.5, 0.6) is 0 Å². The third-order valence-corrected chi connectivity index (χ3v) is 4.86. The van der Waals surface area contributed by atoms with Crippen LogP contribution in [0, 0.1) is 5.92 Å². The van der Waals surface area contributed by atoms with Crippen molar-refractivity contribution in [2.75, 3.05) is 5.33 Å². The molecule has 0 aliphatic carbocycles. The maximum absolute atomic E-state index is 6.08. The second-order valence-corrected chi connectivity index (χ2v) is 6.44. The summed E-state index contributed by atoms with van der Waals surface area (Å²) in [6.07, 6.45) is 3.06. The van der Waals surface area contributed by atoms with E-state index >= 15 is 0 Å². The molecule has 0 radical (unpaired) electrons. The van der Waals surface area contributed by atoms with Gasteiger partial charge in [-0.2, -0.15) is 5.10 Å². The van der Waals surface area contributed by atoms with E-state index in [0.717, 1.165) is 36.2 Å².